The van der Waals surface area contributed by atoms with E-state index >= 15 is 0 Å². The number of aryl methyl sites for hydroxylation is 2. The van der Waals surface area contributed by atoms with Gasteiger partial charge in [0, 0.05) is 12.0 Å². The van der Waals surface area contributed by atoms with Crippen LogP contribution in [0.3, 0.4) is 0 Å². The van der Waals surface area contributed by atoms with Crippen LogP contribution in [0.5, 0.6) is 5.75 Å². The van der Waals surface area contributed by atoms with Crippen molar-refractivity contribution in [2.45, 2.75) is 53.0 Å². The van der Waals surface area contributed by atoms with Crippen LogP contribution in [-0.4, -0.2) is 28.0 Å². The zero-order chi connectivity index (χ0) is 22.1. The third-order valence-electron chi connectivity index (χ3n) is 6.10. The summed E-state index contributed by atoms with van der Waals surface area (Å²) in [5, 5.41) is 12.3. The van der Waals surface area contributed by atoms with Gasteiger partial charge in [0.1, 0.15) is 11.5 Å². The molecule has 7 nitrogen and oxygen atoms in total. The molecule has 164 valence electrons. The first-order valence-corrected chi connectivity index (χ1v) is 10.9. The number of ether oxygens (including phenoxy) is 1. The van der Waals surface area contributed by atoms with E-state index < -0.39 is 0 Å². The number of amides is 1. The summed E-state index contributed by atoms with van der Waals surface area (Å²) in [6, 6.07) is 5.65. The molecular formula is C23H27ClN4O3. The van der Waals surface area contributed by atoms with Gasteiger partial charge < -0.3 is 14.6 Å². The van der Waals surface area contributed by atoms with Gasteiger partial charge in [-0.25, -0.2) is 0 Å². The smallest absolute Gasteiger partial charge is 0.278 e. The average molecular weight is 443 g/mol. The molecule has 1 aromatic carbocycles. The van der Waals surface area contributed by atoms with Crippen LogP contribution in [0.1, 0.15) is 58.5 Å². The molecule has 2 heterocycles. The Labute approximate surface area is 186 Å². The first-order chi connectivity index (χ1) is 14.9. The third-order valence-corrected chi connectivity index (χ3v) is 6.40. The molecule has 31 heavy (non-hydrogen) atoms. The Morgan fingerprint density at radius 2 is 2.19 bits per heavy atom. The molecule has 0 spiro atoms. The number of carbonyl (C=O) groups excluding carboxylic acids is 1. The SMILES string of the molecule is CCC1CCc2onc(C(=O)Nc3c(C)nn(Cc4ccc(OC)c(Cl)c4)c3C)c2C1. The van der Waals surface area contributed by atoms with Gasteiger partial charge in [0.25, 0.3) is 5.91 Å². The van der Waals surface area contributed by atoms with E-state index in [1.54, 1.807) is 7.11 Å². The zero-order valence-corrected chi connectivity index (χ0v) is 19.0. The maximum atomic E-state index is 13.0. The highest BCUT2D eigenvalue weighted by Crippen LogP contribution is 2.31. The number of methoxy groups -OCH3 is 1. The lowest BCUT2D eigenvalue weighted by molar-refractivity contribution is 0.101. The fourth-order valence-electron chi connectivity index (χ4n) is 4.19. The normalized spacial score (nSPS) is 15.6. The van der Waals surface area contributed by atoms with Crippen LogP contribution in [0.15, 0.2) is 22.7 Å². The number of aromatic nitrogens is 3. The summed E-state index contributed by atoms with van der Waals surface area (Å²) in [4.78, 5) is 13.0. The lowest BCUT2D eigenvalue weighted by Crippen LogP contribution is -2.19. The molecule has 2 aromatic heterocycles. The van der Waals surface area contributed by atoms with Crippen molar-refractivity contribution in [3.63, 3.8) is 0 Å². The van der Waals surface area contributed by atoms with Crippen molar-refractivity contribution in [2.75, 3.05) is 12.4 Å². The molecule has 1 N–H and O–H groups in total. The second-order valence-electron chi connectivity index (χ2n) is 8.08. The quantitative estimate of drug-likeness (QED) is 0.583. The molecule has 0 fully saturated rings. The van der Waals surface area contributed by atoms with Crippen LogP contribution >= 0.6 is 11.6 Å². The fraction of sp³-hybridized carbons (Fsp3) is 0.435. The van der Waals surface area contributed by atoms with Gasteiger partial charge in [-0.3, -0.25) is 9.48 Å². The second-order valence-corrected chi connectivity index (χ2v) is 8.48. The lowest BCUT2D eigenvalue weighted by Gasteiger charge is -2.19. The van der Waals surface area contributed by atoms with E-state index in [2.05, 4.69) is 22.5 Å². The van der Waals surface area contributed by atoms with Crippen molar-refractivity contribution in [3.05, 3.63) is 57.2 Å². The zero-order valence-electron chi connectivity index (χ0n) is 18.3. The monoisotopic (exact) mass is 442 g/mol. The van der Waals surface area contributed by atoms with Gasteiger partial charge >= 0.3 is 0 Å². The molecule has 0 radical (unpaired) electrons. The van der Waals surface area contributed by atoms with Crippen molar-refractivity contribution in [1.29, 1.82) is 0 Å². The molecule has 1 aliphatic rings. The Morgan fingerprint density at radius 1 is 1.39 bits per heavy atom. The maximum Gasteiger partial charge on any atom is 0.278 e. The van der Waals surface area contributed by atoms with E-state index in [1.807, 2.05) is 36.7 Å². The molecular weight excluding hydrogens is 416 g/mol. The molecule has 1 aliphatic carbocycles. The second kappa shape index (κ2) is 8.75. The number of nitrogens with one attached hydrogen (secondary N) is 1. The van der Waals surface area contributed by atoms with Crippen molar-refractivity contribution in [1.82, 2.24) is 14.9 Å². The number of halogens is 1. The summed E-state index contributed by atoms with van der Waals surface area (Å²) in [7, 11) is 1.59. The van der Waals surface area contributed by atoms with Crippen molar-refractivity contribution >= 4 is 23.2 Å². The predicted octanol–water partition coefficient (Wildman–Crippen LogP) is 4.97. The number of rotatable bonds is 6. The summed E-state index contributed by atoms with van der Waals surface area (Å²) >= 11 is 6.25. The molecule has 1 unspecified atom stereocenters. The highest BCUT2D eigenvalue weighted by Gasteiger charge is 2.28. The van der Waals surface area contributed by atoms with E-state index in [0.717, 1.165) is 54.0 Å². The minimum absolute atomic E-state index is 0.250. The lowest BCUT2D eigenvalue weighted by atomic mass is 9.85. The molecule has 8 heteroatoms. The van der Waals surface area contributed by atoms with Gasteiger partial charge in [0.2, 0.25) is 0 Å². The van der Waals surface area contributed by atoms with E-state index in [4.69, 9.17) is 20.9 Å². The molecule has 0 bridgehead atoms. The van der Waals surface area contributed by atoms with Crippen molar-refractivity contribution < 1.29 is 14.1 Å². The van der Waals surface area contributed by atoms with E-state index in [1.165, 1.54) is 0 Å². The standard InChI is InChI=1S/C23H27ClN4O3/c1-5-15-6-8-19-17(10-15)22(27-31-19)23(29)25-21-13(2)26-28(14(21)3)12-16-7-9-20(30-4)18(24)11-16/h7,9,11,15H,5-6,8,10,12H2,1-4H3,(H,25,29). The molecule has 1 amide bonds. The first-order valence-electron chi connectivity index (χ1n) is 10.6. The van der Waals surface area contributed by atoms with E-state index in [-0.39, 0.29) is 5.91 Å². The van der Waals surface area contributed by atoms with Crippen LogP contribution in [-0.2, 0) is 19.4 Å². The van der Waals surface area contributed by atoms with Crippen LogP contribution < -0.4 is 10.1 Å². The summed E-state index contributed by atoms with van der Waals surface area (Å²) < 4.78 is 12.5. The van der Waals surface area contributed by atoms with Crippen LogP contribution in [0.25, 0.3) is 0 Å². The highest BCUT2D eigenvalue weighted by molar-refractivity contribution is 6.32. The Hall–Kier alpha value is -2.80. The van der Waals surface area contributed by atoms with Gasteiger partial charge in [-0.2, -0.15) is 5.10 Å². The minimum Gasteiger partial charge on any atom is -0.495 e. The van der Waals surface area contributed by atoms with Crippen molar-refractivity contribution in [2.24, 2.45) is 5.92 Å². The molecule has 0 aliphatic heterocycles. The molecule has 0 saturated carbocycles. The summed E-state index contributed by atoms with van der Waals surface area (Å²) in [6.45, 7) is 6.53. The molecule has 3 aromatic rings. The average Bonchev–Trinajstić information content (AvgIpc) is 3.29. The number of nitrogens with zero attached hydrogens (tertiary/aromatic N) is 3. The van der Waals surface area contributed by atoms with Crippen LogP contribution in [0.4, 0.5) is 5.69 Å². The molecule has 1 atom stereocenters. The number of hydrogen-bond acceptors (Lipinski definition) is 5. The summed E-state index contributed by atoms with van der Waals surface area (Å²) in [5.74, 6) is 1.80. The summed E-state index contributed by atoms with van der Waals surface area (Å²) in [6.07, 6.45) is 3.86. The van der Waals surface area contributed by atoms with Crippen molar-refractivity contribution in [3.8, 4) is 5.75 Å². The number of fused-ring (bicyclic) bond motifs is 1. The van der Waals surface area contributed by atoms with E-state index in [9.17, 15) is 4.79 Å². The van der Waals surface area contributed by atoms with Crippen LogP contribution in [0, 0.1) is 19.8 Å². The molecule has 4 rings (SSSR count). The maximum absolute atomic E-state index is 13.0. The number of carbonyl (C=O) groups is 1. The van der Waals surface area contributed by atoms with Gasteiger partial charge in [-0.05, 0) is 50.3 Å². The largest absolute Gasteiger partial charge is 0.495 e. The highest BCUT2D eigenvalue weighted by atomic mass is 35.5. The fourth-order valence-corrected chi connectivity index (χ4v) is 4.47. The number of benzene rings is 1. The number of hydrogen-bond donors (Lipinski definition) is 1. The molecule has 0 saturated heterocycles. The first kappa shape index (κ1) is 21.4. The van der Waals surface area contributed by atoms with Crippen LogP contribution in [0.2, 0.25) is 5.02 Å². The topological polar surface area (TPSA) is 82.2 Å². The van der Waals surface area contributed by atoms with Gasteiger partial charge in [0.15, 0.2) is 5.69 Å². The van der Waals surface area contributed by atoms with Gasteiger partial charge in [-0.1, -0.05) is 36.2 Å². The van der Waals surface area contributed by atoms with Gasteiger partial charge in [-0.15, -0.1) is 0 Å². The Balaban J connectivity index is 1.54. The Bertz CT molecular complexity index is 1120. The third kappa shape index (κ3) is 4.19. The predicted molar refractivity (Wildman–Crippen MR) is 119 cm³/mol. The summed E-state index contributed by atoms with van der Waals surface area (Å²) in [5.41, 5.74) is 4.64. The Kier molecular flexibility index (Phi) is 6.05. The van der Waals surface area contributed by atoms with E-state index in [0.29, 0.717) is 34.6 Å². The Morgan fingerprint density at radius 3 is 2.90 bits per heavy atom. The number of anilines is 1. The van der Waals surface area contributed by atoms with Gasteiger partial charge in [0.05, 0.1) is 35.8 Å². The minimum atomic E-state index is -0.250.